The van der Waals surface area contributed by atoms with Crippen LogP contribution in [0.3, 0.4) is 0 Å². The van der Waals surface area contributed by atoms with Crippen LogP contribution in [0.2, 0.25) is 0 Å². The summed E-state index contributed by atoms with van der Waals surface area (Å²) >= 11 is 1.67. The molecule has 13 heavy (non-hydrogen) atoms. The summed E-state index contributed by atoms with van der Waals surface area (Å²) in [6.45, 7) is 4.21. The Bertz CT molecular complexity index is 327. The van der Waals surface area contributed by atoms with Crippen molar-refractivity contribution < 1.29 is 4.79 Å². The third kappa shape index (κ3) is 1.68. The zero-order valence-corrected chi connectivity index (χ0v) is 8.86. The van der Waals surface area contributed by atoms with Crippen molar-refractivity contribution >= 4 is 17.1 Å². The van der Waals surface area contributed by atoms with Crippen molar-refractivity contribution in [3.63, 3.8) is 0 Å². The zero-order chi connectivity index (χ0) is 9.42. The molecule has 1 saturated carbocycles. The smallest absolute Gasteiger partial charge is 0.167 e. The molecule has 1 heterocycles. The Hall–Kier alpha value is -0.630. The molecular weight excluding hydrogens is 180 g/mol. The number of hydrogen-bond acceptors (Lipinski definition) is 2. The summed E-state index contributed by atoms with van der Waals surface area (Å²) < 4.78 is 0. The predicted molar refractivity (Wildman–Crippen MR) is 55.3 cm³/mol. The first-order valence-electron chi connectivity index (χ1n) is 4.81. The van der Waals surface area contributed by atoms with Crippen LogP contribution in [-0.2, 0) is 0 Å². The lowest BCUT2D eigenvalue weighted by molar-refractivity contribution is 0.0961. The van der Waals surface area contributed by atoms with Gasteiger partial charge in [0.25, 0.3) is 0 Å². The minimum absolute atomic E-state index is 0.346. The molecule has 1 aliphatic carbocycles. The number of carbonyl (C=O) groups excluding carboxylic acids is 1. The highest BCUT2D eigenvalue weighted by Crippen LogP contribution is 2.43. The third-order valence-corrected chi connectivity index (χ3v) is 3.66. The van der Waals surface area contributed by atoms with Crippen molar-refractivity contribution in [3.05, 3.63) is 21.9 Å². The molecule has 2 atom stereocenters. The molecule has 1 aliphatic rings. The van der Waals surface area contributed by atoms with Crippen molar-refractivity contribution in [1.82, 2.24) is 0 Å². The topological polar surface area (TPSA) is 17.1 Å². The van der Waals surface area contributed by atoms with Gasteiger partial charge >= 0.3 is 0 Å². The maximum Gasteiger partial charge on any atom is 0.167 e. The maximum absolute atomic E-state index is 11.8. The normalized spacial score (nSPS) is 26.0. The highest BCUT2D eigenvalue weighted by molar-refractivity contribution is 7.10. The monoisotopic (exact) mass is 194 g/mol. The van der Waals surface area contributed by atoms with Crippen LogP contribution >= 0.6 is 11.3 Å². The summed E-state index contributed by atoms with van der Waals surface area (Å²) in [6.07, 6.45) is 2.27. The fourth-order valence-corrected chi connectivity index (χ4v) is 2.50. The molecule has 0 saturated heterocycles. The molecule has 2 rings (SSSR count). The van der Waals surface area contributed by atoms with E-state index in [9.17, 15) is 4.79 Å². The molecule has 0 N–H and O–H groups in total. The number of thiophene rings is 1. The highest BCUT2D eigenvalue weighted by Gasteiger charge is 2.41. The van der Waals surface area contributed by atoms with E-state index in [2.05, 4.69) is 6.92 Å². The largest absolute Gasteiger partial charge is 0.294 e. The van der Waals surface area contributed by atoms with Crippen LogP contribution in [0.4, 0.5) is 0 Å². The molecule has 0 amide bonds. The van der Waals surface area contributed by atoms with Gasteiger partial charge in [-0.3, -0.25) is 4.79 Å². The predicted octanol–water partition coefficient (Wildman–Crippen LogP) is 3.29. The first-order chi connectivity index (χ1) is 6.22. The van der Waals surface area contributed by atoms with Gasteiger partial charge in [0, 0.05) is 21.7 Å². The van der Waals surface area contributed by atoms with Gasteiger partial charge in [-0.1, -0.05) is 13.3 Å². The standard InChI is InChI=1S/C11H14OS/c1-3-8-5-10(8)11(12)9-4-7(2)13-6-9/h4,6,8,10H,3,5H2,1-2H3/t8-,10-/m1/s1. The SMILES string of the molecule is CC[C@@H]1C[C@H]1C(=O)c1csc(C)c1. The molecule has 0 spiro atoms. The van der Waals surface area contributed by atoms with Crippen molar-refractivity contribution in [2.24, 2.45) is 11.8 Å². The highest BCUT2D eigenvalue weighted by atomic mass is 32.1. The Morgan fingerprint density at radius 3 is 2.92 bits per heavy atom. The van der Waals surface area contributed by atoms with E-state index in [1.807, 2.05) is 18.4 Å². The third-order valence-electron chi connectivity index (χ3n) is 2.80. The molecule has 70 valence electrons. The molecular formula is C11H14OS. The van der Waals surface area contributed by atoms with Crippen LogP contribution in [0.25, 0.3) is 0 Å². The van der Waals surface area contributed by atoms with Gasteiger partial charge in [0.15, 0.2) is 5.78 Å². The number of Topliss-reactive ketones (excluding diaryl/α,β-unsaturated/α-hetero) is 1. The fraction of sp³-hybridized carbons (Fsp3) is 0.545. The summed E-state index contributed by atoms with van der Waals surface area (Å²) in [4.78, 5) is 13.0. The van der Waals surface area contributed by atoms with Gasteiger partial charge in [-0.2, -0.15) is 0 Å². The van der Waals surface area contributed by atoms with E-state index in [4.69, 9.17) is 0 Å². The van der Waals surface area contributed by atoms with Crippen LogP contribution in [0.1, 0.15) is 35.0 Å². The summed E-state index contributed by atoms with van der Waals surface area (Å²) in [6, 6.07) is 2.01. The van der Waals surface area contributed by atoms with Gasteiger partial charge in [-0.15, -0.1) is 11.3 Å². The quantitative estimate of drug-likeness (QED) is 0.675. The van der Waals surface area contributed by atoms with E-state index in [1.165, 1.54) is 4.88 Å². The van der Waals surface area contributed by atoms with Gasteiger partial charge in [-0.25, -0.2) is 0 Å². The minimum atomic E-state index is 0.346. The number of carbonyl (C=O) groups is 1. The Morgan fingerprint density at radius 1 is 1.69 bits per heavy atom. The molecule has 1 aromatic rings. The molecule has 2 heteroatoms. The molecule has 1 aromatic heterocycles. The number of aryl methyl sites for hydroxylation is 1. The molecule has 1 fully saturated rings. The number of ketones is 1. The summed E-state index contributed by atoms with van der Waals surface area (Å²) in [5.41, 5.74) is 0.934. The molecule has 0 unspecified atom stereocenters. The lowest BCUT2D eigenvalue weighted by atomic mass is 10.1. The number of rotatable bonds is 3. The van der Waals surface area contributed by atoms with Gasteiger partial charge in [0.05, 0.1) is 0 Å². The van der Waals surface area contributed by atoms with E-state index in [0.717, 1.165) is 18.4 Å². The van der Waals surface area contributed by atoms with E-state index in [-0.39, 0.29) is 0 Å². The van der Waals surface area contributed by atoms with Gasteiger partial charge < -0.3 is 0 Å². The molecule has 0 radical (unpaired) electrons. The molecule has 1 nitrogen and oxygen atoms in total. The van der Waals surface area contributed by atoms with Gasteiger partial charge in [-0.05, 0) is 25.3 Å². The van der Waals surface area contributed by atoms with Crippen LogP contribution in [-0.4, -0.2) is 5.78 Å². The summed E-state index contributed by atoms with van der Waals surface area (Å²) in [5, 5.41) is 1.99. The molecule has 0 aliphatic heterocycles. The lowest BCUT2D eigenvalue weighted by Gasteiger charge is -1.93. The molecule has 0 bridgehead atoms. The lowest BCUT2D eigenvalue weighted by Crippen LogP contribution is -2.01. The molecule has 0 aromatic carbocycles. The van der Waals surface area contributed by atoms with E-state index >= 15 is 0 Å². The van der Waals surface area contributed by atoms with E-state index in [1.54, 1.807) is 11.3 Å². The van der Waals surface area contributed by atoms with Crippen LogP contribution in [0, 0.1) is 18.8 Å². The zero-order valence-electron chi connectivity index (χ0n) is 8.04. The summed E-state index contributed by atoms with van der Waals surface area (Å²) in [5.74, 6) is 1.39. The fourth-order valence-electron chi connectivity index (χ4n) is 1.81. The van der Waals surface area contributed by atoms with Crippen molar-refractivity contribution in [2.75, 3.05) is 0 Å². The Labute approximate surface area is 82.8 Å². The van der Waals surface area contributed by atoms with Crippen molar-refractivity contribution in [3.8, 4) is 0 Å². The number of hydrogen-bond donors (Lipinski definition) is 0. The van der Waals surface area contributed by atoms with E-state index in [0.29, 0.717) is 17.6 Å². The van der Waals surface area contributed by atoms with Crippen LogP contribution in [0.15, 0.2) is 11.4 Å². The maximum atomic E-state index is 11.8. The van der Waals surface area contributed by atoms with Crippen LogP contribution in [0.5, 0.6) is 0 Å². The van der Waals surface area contributed by atoms with E-state index < -0.39 is 0 Å². The Balaban J connectivity index is 2.07. The second kappa shape index (κ2) is 3.26. The second-order valence-electron chi connectivity index (χ2n) is 3.82. The Morgan fingerprint density at radius 2 is 2.46 bits per heavy atom. The first-order valence-corrected chi connectivity index (χ1v) is 5.69. The van der Waals surface area contributed by atoms with Gasteiger partial charge in [0.2, 0.25) is 0 Å². The van der Waals surface area contributed by atoms with Crippen molar-refractivity contribution in [2.45, 2.75) is 26.7 Å². The average molecular weight is 194 g/mol. The summed E-state index contributed by atoms with van der Waals surface area (Å²) in [7, 11) is 0. The first kappa shape index (κ1) is 8.95. The second-order valence-corrected chi connectivity index (χ2v) is 4.94. The minimum Gasteiger partial charge on any atom is -0.294 e. The Kier molecular flexibility index (Phi) is 2.24. The average Bonchev–Trinajstić information content (AvgIpc) is 2.80. The van der Waals surface area contributed by atoms with Crippen LogP contribution < -0.4 is 0 Å². The van der Waals surface area contributed by atoms with Gasteiger partial charge in [0.1, 0.15) is 0 Å². The van der Waals surface area contributed by atoms with Crippen molar-refractivity contribution in [1.29, 1.82) is 0 Å².